The van der Waals surface area contributed by atoms with E-state index in [1.54, 1.807) is 0 Å². The summed E-state index contributed by atoms with van der Waals surface area (Å²) in [4.78, 5) is 0. The Hall–Kier alpha value is -0.893. The van der Waals surface area contributed by atoms with Crippen LogP contribution in [0.2, 0.25) is 24.7 Å². The molecule has 0 aromatic heterocycles. The van der Waals surface area contributed by atoms with Crippen molar-refractivity contribution in [1.82, 2.24) is 0 Å². The molecule has 86 valence electrons. The molecule has 0 bridgehead atoms. The molecule has 0 fully saturated rings. The summed E-state index contributed by atoms with van der Waals surface area (Å²) < 4.78 is 19.1. The average Bonchev–Trinajstić information content (AvgIpc) is 2.17. The van der Waals surface area contributed by atoms with Crippen molar-refractivity contribution >= 4 is 19.9 Å². The maximum Gasteiger partial charge on any atom is 0.186 e. The van der Waals surface area contributed by atoms with Crippen LogP contribution in [0.15, 0.2) is 18.2 Å². The molecule has 0 N–H and O–H groups in total. The van der Waals surface area contributed by atoms with Crippen molar-refractivity contribution in [1.29, 1.82) is 5.26 Å². The van der Waals surface area contributed by atoms with Gasteiger partial charge in [-0.15, -0.1) is 0 Å². The Kier molecular flexibility index (Phi) is 4.08. The summed E-state index contributed by atoms with van der Waals surface area (Å²) in [5, 5.41) is 9.39. The number of nitriles is 1. The molecule has 0 aliphatic rings. The van der Waals surface area contributed by atoms with E-state index in [4.69, 9.17) is 21.3 Å². The lowest BCUT2D eigenvalue weighted by Crippen LogP contribution is -2.27. The normalized spacial score (nSPS) is 13.2. The highest BCUT2D eigenvalue weighted by molar-refractivity contribution is 6.69. The van der Waals surface area contributed by atoms with Crippen molar-refractivity contribution in [2.45, 2.75) is 25.7 Å². The quantitative estimate of drug-likeness (QED) is 0.770. The number of rotatable bonds is 3. The van der Waals surface area contributed by atoms with E-state index in [0.29, 0.717) is 5.02 Å². The van der Waals surface area contributed by atoms with Gasteiger partial charge in [-0.3, -0.25) is 0 Å². The van der Waals surface area contributed by atoms with E-state index < -0.39 is 20.2 Å². The third-order valence-electron chi connectivity index (χ3n) is 1.83. The molecule has 1 aromatic carbocycles. The second-order valence-electron chi connectivity index (χ2n) is 4.41. The predicted molar refractivity (Wildman–Crippen MR) is 64.2 cm³/mol. The van der Waals surface area contributed by atoms with Crippen molar-refractivity contribution < 1.29 is 8.82 Å². The Balaban J connectivity index is 3.05. The number of halogens is 2. The van der Waals surface area contributed by atoms with Crippen LogP contribution in [-0.2, 0) is 4.43 Å². The smallest absolute Gasteiger partial charge is 0.186 e. The van der Waals surface area contributed by atoms with Crippen LogP contribution in [-0.4, -0.2) is 8.32 Å². The first-order valence-corrected chi connectivity index (χ1v) is 8.64. The van der Waals surface area contributed by atoms with Crippen LogP contribution in [0.1, 0.15) is 11.7 Å². The number of benzene rings is 1. The van der Waals surface area contributed by atoms with Gasteiger partial charge in [0.2, 0.25) is 0 Å². The molecule has 16 heavy (non-hydrogen) atoms. The zero-order valence-corrected chi connectivity index (χ0v) is 11.2. The summed E-state index contributed by atoms with van der Waals surface area (Å²) in [7, 11) is -1.90. The van der Waals surface area contributed by atoms with E-state index in [1.165, 1.54) is 18.2 Å². The highest BCUT2D eigenvalue weighted by Crippen LogP contribution is 2.26. The average molecular weight is 258 g/mol. The van der Waals surface area contributed by atoms with Gasteiger partial charge >= 0.3 is 0 Å². The lowest BCUT2D eigenvalue weighted by atomic mass is 10.1. The first-order chi connectivity index (χ1) is 7.33. The molecule has 2 nitrogen and oxygen atoms in total. The largest absolute Gasteiger partial charge is 0.399 e. The van der Waals surface area contributed by atoms with E-state index in [0.717, 1.165) is 0 Å². The Morgan fingerprint density at radius 2 is 2.06 bits per heavy atom. The molecule has 1 unspecified atom stereocenters. The number of nitrogens with zero attached hydrogens (tertiary/aromatic N) is 1. The van der Waals surface area contributed by atoms with Crippen molar-refractivity contribution in [2.75, 3.05) is 0 Å². The molecule has 0 aliphatic heterocycles. The van der Waals surface area contributed by atoms with Gasteiger partial charge in [-0.05, 0) is 37.8 Å². The number of hydrogen-bond donors (Lipinski definition) is 0. The molecule has 0 spiro atoms. The van der Waals surface area contributed by atoms with Gasteiger partial charge in [0.15, 0.2) is 14.4 Å². The standard InChI is InChI=1S/C11H13ClFNOSi/c1-16(2,3)15-11(7-14)9-6-8(12)4-5-10(9)13/h4-6,11H,1-3H3. The molecule has 0 aliphatic carbocycles. The predicted octanol–water partition coefficient (Wildman–Crippen LogP) is 3.90. The lowest BCUT2D eigenvalue weighted by molar-refractivity contribution is 0.249. The minimum absolute atomic E-state index is 0.206. The van der Waals surface area contributed by atoms with Crippen LogP contribution in [0, 0.1) is 17.1 Å². The fraction of sp³-hybridized carbons (Fsp3) is 0.364. The zero-order valence-electron chi connectivity index (χ0n) is 9.42. The van der Waals surface area contributed by atoms with Crippen molar-refractivity contribution in [3.05, 3.63) is 34.6 Å². The molecule has 0 radical (unpaired) electrons. The fourth-order valence-corrected chi connectivity index (χ4v) is 2.30. The summed E-state index contributed by atoms with van der Waals surface area (Å²) in [6, 6.07) is 6.09. The van der Waals surface area contributed by atoms with Crippen LogP contribution < -0.4 is 0 Å². The van der Waals surface area contributed by atoms with Crippen molar-refractivity contribution in [3.8, 4) is 6.07 Å². The maximum absolute atomic E-state index is 13.5. The van der Waals surface area contributed by atoms with Gasteiger partial charge in [0.1, 0.15) is 5.82 Å². The summed E-state index contributed by atoms with van der Waals surface area (Å²) in [6.45, 7) is 5.83. The monoisotopic (exact) mass is 257 g/mol. The van der Waals surface area contributed by atoms with Gasteiger partial charge in [-0.2, -0.15) is 5.26 Å². The molecule has 0 saturated heterocycles. The van der Waals surface area contributed by atoms with E-state index in [1.807, 2.05) is 25.7 Å². The molecule has 0 heterocycles. The van der Waals surface area contributed by atoms with Crippen molar-refractivity contribution in [2.24, 2.45) is 0 Å². The molecule has 0 amide bonds. The SMILES string of the molecule is C[Si](C)(C)OC(C#N)c1cc(Cl)ccc1F. The van der Waals surface area contributed by atoms with Crippen LogP contribution in [0.4, 0.5) is 4.39 Å². The zero-order chi connectivity index (χ0) is 12.3. The summed E-state index contributed by atoms with van der Waals surface area (Å²) in [6.07, 6.45) is -0.884. The maximum atomic E-state index is 13.5. The summed E-state index contributed by atoms with van der Waals surface area (Å²) in [5.74, 6) is -0.464. The van der Waals surface area contributed by atoms with E-state index >= 15 is 0 Å². The molecule has 1 rings (SSSR count). The van der Waals surface area contributed by atoms with Crippen LogP contribution in [0.25, 0.3) is 0 Å². The van der Waals surface area contributed by atoms with Gasteiger partial charge in [0.25, 0.3) is 0 Å². The summed E-state index contributed by atoms with van der Waals surface area (Å²) in [5.41, 5.74) is 0.206. The minimum Gasteiger partial charge on any atom is -0.399 e. The highest BCUT2D eigenvalue weighted by Gasteiger charge is 2.24. The Bertz CT molecular complexity index is 425. The molecule has 1 atom stereocenters. The minimum atomic E-state index is -1.90. The van der Waals surface area contributed by atoms with Crippen LogP contribution in [0.3, 0.4) is 0 Å². The van der Waals surface area contributed by atoms with Crippen LogP contribution in [0.5, 0.6) is 0 Å². The van der Waals surface area contributed by atoms with E-state index in [2.05, 4.69) is 0 Å². The molecular weight excluding hydrogens is 245 g/mol. The lowest BCUT2D eigenvalue weighted by Gasteiger charge is -2.22. The molecular formula is C11H13ClFNOSi. The third kappa shape index (κ3) is 3.60. The first kappa shape index (κ1) is 13.2. The van der Waals surface area contributed by atoms with Gasteiger partial charge in [0, 0.05) is 10.6 Å². The Morgan fingerprint density at radius 3 is 2.56 bits per heavy atom. The topological polar surface area (TPSA) is 33.0 Å². The van der Waals surface area contributed by atoms with Gasteiger partial charge in [0.05, 0.1) is 6.07 Å². The molecule has 0 saturated carbocycles. The molecule has 1 aromatic rings. The second-order valence-corrected chi connectivity index (χ2v) is 9.30. The fourth-order valence-electron chi connectivity index (χ4n) is 1.23. The Labute approximate surface area is 101 Å². The van der Waals surface area contributed by atoms with Gasteiger partial charge < -0.3 is 4.43 Å². The van der Waals surface area contributed by atoms with Gasteiger partial charge in [-0.25, -0.2) is 4.39 Å². The van der Waals surface area contributed by atoms with E-state index in [-0.39, 0.29) is 5.56 Å². The first-order valence-electron chi connectivity index (χ1n) is 4.86. The van der Waals surface area contributed by atoms with E-state index in [9.17, 15) is 4.39 Å². The highest BCUT2D eigenvalue weighted by atomic mass is 35.5. The number of hydrogen-bond acceptors (Lipinski definition) is 2. The van der Waals surface area contributed by atoms with Crippen molar-refractivity contribution in [3.63, 3.8) is 0 Å². The third-order valence-corrected chi connectivity index (χ3v) is 3.01. The Morgan fingerprint density at radius 1 is 1.44 bits per heavy atom. The van der Waals surface area contributed by atoms with Crippen LogP contribution >= 0.6 is 11.6 Å². The summed E-state index contributed by atoms with van der Waals surface area (Å²) >= 11 is 5.77. The second kappa shape index (κ2) is 4.96. The molecule has 5 heteroatoms. The van der Waals surface area contributed by atoms with Gasteiger partial charge in [-0.1, -0.05) is 11.6 Å².